The number of hydrazone groups is 1. The summed E-state index contributed by atoms with van der Waals surface area (Å²) in [7, 11) is 0. The van der Waals surface area contributed by atoms with E-state index >= 15 is 0 Å². The molecule has 0 saturated carbocycles. The normalized spacial score (nSPS) is 11.6. The minimum absolute atomic E-state index is 0.125. The maximum atomic E-state index is 12.9. The average molecular weight is 391 g/mol. The third-order valence-corrected chi connectivity index (χ3v) is 3.66. The number of nitrogens with zero attached hydrogens (tertiary/aromatic N) is 1. The number of anilines is 1. The Morgan fingerprint density at radius 2 is 1.71 bits per heavy atom. The van der Waals surface area contributed by atoms with E-state index in [1.165, 1.54) is 30.3 Å². The second kappa shape index (κ2) is 9.16. The van der Waals surface area contributed by atoms with Crippen LogP contribution in [0.15, 0.2) is 53.6 Å². The van der Waals surface area contributed by atoms with Crippen LogP contribution in [0.4, 0.5) is 18.9 Å². The standard InChI is InChI=1S/C20H20F3N3O2/c1-13(2)11-18(27)25-16-9-7-14(8-10-16)19(28)26-24-12-15-5-3-4-6-17(15)20(21,22)23/h3-10,12-13H,11H2,1-2H3,(H,25,27)(H,26,28)/b24-12+. The maximum absolute atomic E-state index is 12.9. The second-order valence-electron chi connectivity index (χ2n) is 6.51. The molecule has 0 bridgehead atoms. The molecule has 2 aromatic rings. The third kappa shape index (κ3) is 6.22. The van der Waals surface area contributed by atoms with Crippen molar-refractivity contribution in [3.63, 3.8) is 0 Å². The van der Waals surface area contributed by atoms with Crippen LogP contribution in [0.3, 0.4) is 0 Å². The number of hydrogen-bond donors (Lipinski definition) is 2. The summed E-state index contributed by atoms with van der Waals surface area (Å²) in [6.07, 6.45) is -3.18. The van der Waals surface area contributed by atoms with E-state index in [-0.39, 0.29) is 23.0 Å². The van der Waals surface area contributed by atoms with Gasteiger partial charge in [0.15, 0.2) is 0 Å². The lowest BCUT2D eigenvalue weighted by molar-refractivity contribution is -0.137. The number of carbonyl (C=O) groups excluding carboxylic acids is 2. The van der Waals surface area contributed by atoms with Gasteiger partial charge in [-0.1, -0.05) is 32.0 Å². The fourth-order valence-electron chi connectivity index (χ4n) is 2.38. The number of amides is 2. The van der Waals surface area contributed by atoms with Gasteiger partial charge in [-0.3, -0.25) is 9.59 Å². The Balaban J connectivity index is 1.99. The number of halogens is 3. The van der Waals surface area contributed by atoms with Crippen molar-refractivity contribution in [1.29, 1.82) is 0 Å². The summed E-state index contributed by atoms with van der Waals surface area (Å²) in [5.41, 5.74) is 1.99. The molecule has 28 heavy (non-hydrogen) atoms. The van der Waals surface area contributed by atoms with E-state index < -0.39 is 17.6 Å². The first-order chi connectivity index (χ1) is 13.2. The highest BCUT2D eigenvalue weighted by molar-refractivity contribution is 5.96. The molecule has 0 heterocycles. The monoisotopic (exact) mass is 391 g/mol. The lowest BCUT2D eigenvalue weighted by atomic mass is 10.1. The van der Waals surface area contributed by atoms with E-state index in [0.29, 0.717) is 12.1 Å². The molecule has 2 aromatic carbocycles. The van der Waals surface area contributed by atoms with Crippen molar-refractivity contribution in [3.8, 4) is 0 Å². The van der Waals surface area contributed by atoms with Crippen LogP contribution in [0.25, 0.3) is 0 Å². The number of carbonyl (C=O) groups is 2. The molecule has 0 spiro atoms. The fourth-order valence-corrected chi connectivity index (χ4v) is 2.38. The summed E-state index contributed by atoms with van der Waals surface area (Å²) in [4.78, 5) is 23.8. The molecule has 2 rings (SSSR count). The van der Waals surface area contributed by atoms with E-state index in [2.05, 4.69) is 15.8 Å². The van der Waals surface area contributed by atoms with Crippen molar-refractivity contribution in [1.82, 2.24) is 5.43 Å². The van der Waals surface area contributed by atoms with Crippen molar-refractivity contribution < 1.29 is 22.8 Å². The highest BCUT2D eigenvalue weighted by atomic mass is 19.4. The van der Waals surface area contributed by atoms with E-state index in [1.54, 1.807) is 12.1 Å². The van der Waals surface area contributed by atoms with Crippen LogP contribution in [-0.4, -0.2) is 18.0 Å². The number of rotatable bonds is 6. The Kier molecular flexibility index (Phi) is 6.92. The van der Waals surface area contributed by atoms with Gasteiger partial charge in [-0.25, -0.2) is 5.43 Å². The van der Waals surface area contributed by atoms with Gasteiger partial charge in [-0.2, -0.15) is 18.3 Å². The first-order valence-corrected chi connectivity index (χ1v) is 8.56. The summed E-state index contributed by atoms with van der Waals surface area (Å²) >= 11 is 0. The summed E-state index contributed by atoms with van der Waals surface area (Å²) < 4.78 is 38.8. The van der Waals surface area contributed by atoms with Gasteiger partial charge in [0.2, 0.25) is 5.91 Å². The molecular formula is C20H20F3N3O2. The zero-order chi connectivity index (χ0) is 20.7. The summed E-state index contributed by atoms with van der Waals surface area (Å²) in [5.74, 6) is -0.480. The van der Waals surface area contributed by atoms with Crippen LogP contribution in [-0.2, 0) is 11.0 Å². The Hall–Kier alpha value is -3.16. The molecule has 0 aromatic heterocycles. The lowest BCUT2D eigenvalue weighted by Crippen LogP contribution is -2.18. The van der Waals surface area contributed by atoms with Crippen LogP contribution in [0.5, 0.6) is 0 Å². The lowest BCUT2D eigenvalue weighted by Gasteiger charge is -2.09. The molecule has 0 radical (unpaired) electrons. The largest absolute Gasteiger partial charge is 0.417 e. The van der Waals surface area contributed by atoms with Crippen molar-refractivity contribution in [3.05, 3.63) is 65.2 Å². The first-order valence-electron chi connectivity index (χ1n) is 8.56. The Morgan fingerprint density at radius 1 is 1.07 bits per heavy atom. The van der Waals surface area contributed by atoms with E-state index in [0.717, 1.165) is 12.3 Å². The van der Waals surface area contributed by atoms with Crippen LogP contribution < -0.4 is 10.7 Å². The maximum Gasteiger partial charge on any atom is 0.417 e. The van der Waals surface area contributed by atoms with Crippen molar-refractivity contribution in [2.24, 2.45) is 11.0 Å². The number of alkyl halides is 3. The second-order valence-corrected chi connectivity index (χ2v) is 6.51. The minimum atomic E-state index is -4.51. The summed E-state index contributed by atoms with van der Waals surface area (Å²) in [6.45, 7) is 3.86. The van der Waals surface area contributed by atoms with Crippen LogP contribution in [0.2, 0.25) is 0 Å². The highest BCUT2D eigenvalue weighted by Gasteiger charge is 2.32. The molecule has 0 aliphatic rings. The molecule has 2 amide bonds. The smallest absolute Gasteiger partial charge is 0.326 e. The highest BCUT2D eigenvalue weighted by Crippen LogP contribution is 2.31. The molecule has 2 N–H and O–H groups in total. The Morgan fingerprint density at radius 3 is 2.32 bits per heavy atom. The Labute approximate surface area is 160 Å². The molecule has 0 unspecified atom stereocenters. The number of benzene rings is 2. The first kappa shape index (κ1) is 21.1. The van der Waals surface area contributed by atoms with E-state index in [9.17, 15) is 22.8 Å². The molecule has 0 saturated heterocycles. The van der Waals surface area contributed by atoms with Crippen LogP contribution >= 0.6 is 0 Å². The number of hydrogen-bond acceptors (Lipinski definition) is 3. The predicted molar refractivity (Wildman–Crippen MR) is 101 cm³/mol. The van der Waals surface area contributed by atoms with Gasteiger partial charge < -0.3 is 5.32 Å². The molecule has 0 aliphatic heterocycles. The van der Waals surface area contributed by atoms with Crippen molar-refractivity contribution >= 4 is 23.7 Å². The topological polar surface area (TPSA) is 70.6 Å². The van der Waals surface area contributed by atoms with Gasteiger partial charge >= 0.3 is 6.18 Å². The summed E-state index contributed by atoms with van der Waals surface area (Å²) in [6, 6.07) is 11.0. The molecule has 148 valence electrons. The van der Waals surface area contributed by atoms with E-state index in [4.69, 9.17) is 0 Å². The minimum Gasteiger partial charge on any atom is -0.326 e. The van der Waals surface area contributed by atoms with Gasteiger partial charge in [0.25, 0.3) is 5.91 Å². The molecule has 0 fully saturated rings. The zero-order valence-corrected chi connectivity index (χ0v) is 15.4. The fraction of sp³-hybridized carbons (Fsp3) is 0.250. The number of nitrogens with one attached hydrogen (secondary N) is 2. The Bertz CT molecular complexity index is 860. The molecule has 0 atom stereocenters. The van der Waals surface area contributed by atoms with Crippen LogP contribution in [0, 0.1) is 5.92 Å². The van der Waals surface area contributed by atoms with Gasteiger partial charge in [-0.05, 0) is 36.2 Å². The third-order valence-electron chi connectivity index (χ3n) is 3.66. The molecule has 8 heteroatoms. The summed E-state index contributed by atoms with van der Waals surface area (Å²) in [5, 5.41) is 6.32. The van der Waals surface area contributed by atoms with Gasteiger partial charge in [0.05, 0.1) is 11.8 Å². The average Bonchev–Trinajstić information content (AvgIpc) is 2.61. The van der Waals surface area contributed by atoms with Crippen molar-refractivity contribution in [2.45, 2.75) is 26.4 Å². The van der Waals surface area contributed by atoms with Gasteiger partial charge in [-0.15, -0.1) is 0 Å². The van der Waals surface area contributed by atoms with Crippen molar-refractivity contribution in [2.75, 3.05) is 5.32 Å². The zero-order valence-electron chi connectivity index (χ0n) is 15.4. The SMILES string of the molecule is CC(C)CC(=O)Nc1ccc(C(=O)N/N=C/c2ccccc2C(F)(F)F)cc1. The molecular weight excluding hydrogens is 371 g/mol. The quantitative estimate of drug-likeness (QED) is 0.564. The van der Waals surface area contributed by atoms with E-state index in [1.807, 2.05) is 13.8 Å². The van der Waals surface area contributed by atoms with Gasteiger partial charge in [0, 0.05) is 23.2 Å². The predicted octanol–water partition coefficient (Wildman–Crippen LogP) is 4.45. The van der Waals surface area contributed by atoms with Crippen LogP contribution in [0.1, 0.15) is 41.8 Å². The molecule has 0 aliphatic carbocycles. The van der Waals surface area contributed by atoms with Gasteiger partial charge in [0.1, 0.15) is 0 Å². The molecule has 5 nitrogen and oxygen atoms in total.